The number of rotatable bonds is 4. The third-order valence-electron chi connectivity index (χ3n) is 5.52. The van der Waals surface area contributed by atoms with Gasteiger partial charge in [0.25, 0.3) is 5.91 Å². The average molecular weight is 377 g/mol. The molecular weight excluding hydrogens is 348 g/mol. The standard InChI is InChI=1S/C23H28N4O/c1-16(2)27-21-7-5-4-6-20(21)25-23(27)26-14-12-19(13-15-26)24-22(28)18-10-8-17(3)9-11-18/h4-11,16,19H,12-15H2,1-3H3,(H,24,28). The lowest BCUT2D eigenvalue weighted by Crippen LogP contribution is -2.45. The summed E-state index contributed by atoms with van der Waals surface area (Å²) in [6.45, 7) is 8.23. The molecule has 1 aliphatic heterocycles. The molecule has 0 aliphatic carbocycles. The Morgan fingerprint density at radius 3 is 2.43 bits per heavy atom. The van der Waals surface area contributed by atoms with E-state index in [2.05, 4.69) is 46.8 Å². The van der Waals surface area contributed by atoms with Crippen molar-refractivity contribution in [3.05, 3.63) is 59.7 Å². The van der Waals surface area contributed by atoms with Crippen LogP contribution in [0, 0.1) is 6.92 Å². The van der Waals surface area contributed by atoms with Crippen molar-refractivity contribution in [3.8, 4) is 0 Å². The maximum absolute atomic E-state index is 12.5. The molecule has 0 saturated carbocycles. The summed E-state index contributed by atoms with van der Waals surface area (Å²) in [5.74, 6) is 1.06. The zero-order valence-corrected chi connectivity index (χ0v) is 16.9. The van der Waals surface area contributed by atoms with Crippen LogP contribution in [0.3, 0.4) is 0 Å². The van der Waals surface area contributed by atoms with Crippen LogP contribution in [0.1, 0.15) is 48.7 Å². The number of fused-ring (bicyclic) bond motifs is 1. The van der Waals surface area contributed by atoms with Crippen molar-refractivity contribution in [3.63, 3.8) is 0 Å². The number of benzene rings is 2. The summed E-state index contributed by atoms with van der Waals surface area (Å²) in [5, 5.41) is 3.20. The van der Waals surface area contributed by atoms with Gasteiger partial charge in [0.2, 0.25) is 5.95 Å². The van der Waals surface area contributed by atoms with E-state index in [0.717, 1.165) is 48.5 Å². The first-order valence-electron chi connectivity index (χ1n) is 10.1. The minimum absolute atomic E-state index is 0.0212. The number of para-hydroxylation sites is 2. The van der Waals surface area contributed by atoms with E-state index in [9.17, 15) is 4.79 Å². The number of hydrogen-bond acceptors (Lipinski definition) is 3. The molecular formula is C23H28N4O. The molecule has 1 fully saturated rings. The molecule has 3 aromatic rings. The van der Waals surface area contributed by atoms with Crippen molar-refractivity contribution in [1.29, 1.82) is 0 Å². The van der Waals surface area contributed by atoms with Crippen LogP contribution in [0.25, 0.3) is 11.0 Å². The van der Waals surface area contributed by atoms with Crippen LogP contribution in [-0.4, -0.2) is 34.6 Å². The Kier molecular flexibility index (Phi) is 5.07. The van der Waals surface area contributed by atoms with Gasteiger partial charge >= 0.3 is 0 Å². The molecule has 0 unspecified atom stereocenters. The highest BCUT2D eigenvalue weighted by Gasteiger charge is 2.25. The molecule has 5 nitrogen and oxygen atoms in total. The minimum Gasteiger partial charge on any atom is -0.349 e. The van der Waals surface area contributed by atoms with Crippen LogP contribution in [0.15, 0.2) is 48.5 Å². The molecule has 2 heterocycles. The van der Waals surface area contributed by atoms with Crippen LogP contribution < -0.4 is 10.2 Å². The fraction of sp³-hybridized carbons (Fsp3) is 0.391. The Morgan fingerprint density at radius 1 is 1.07 bits per heavy atom. The highest BCUT2D eigenvalue weighted by Crippen LogP contribution is 2.28. The fourth-order valence-corrected chi connectivity index (χ4v) is 3.96. The highest BCUT2D eigenvalue weighted by molar-refractivity contribution is 5.94. The average Bonchev–Trinajstić information content (AvgIpc) is 3.09. The van der Waals surface area contributed by atoms with E-state index in [1.54, 1.807) is 0 Å². The molecule has 0 spiro atoms. The second-order valence-corrected chi connectivity index (χ2v) is 7.97. The van der Waals surface area contributed by atoms with E-state index in [0.29, 0.717) is 6.04 Å². The maximum atomic E-state index is 12.5. The van der Waals surface area contributed by atoms with Crippen molar-refractivity contribution >= 4 is 22.9 Å². The van der Waals surface area contributed by atoms with Crippen LogP contribution in [0.4, 0.5) is 5.95 Å². The molecule has 28 heavy (non-hydrogen) atoms. The SMILES string of the molecule is Cc1ccc(C(=O)NC2CCN(c3nc4ccccc4n3C(C)C)CC2)cc1. The number of anilines is 1. The molecule has 1 amide bonds. The number of piperidine rings is 1. The Hall–Kier alpha value is -2.82. The largest absolute Gasteiger partial charge is 0.349 e. The topological polar surface area (TPSA) is 50.2 Å². The second-order valence-electron chi connectivity index (χ2n) is 7.97. The van der Waals surface area contributed by atoms with Crippen LogP contribution in [0.5, 0.6) is 0 Å². The number of carbonyl (C=O) groups is 1. The van der Waals surface area contributed by atoms with Gasteiger partial charge in [0, 0.05) is 30.7 Å². The maximum Gasteiger partial charge on any atom is 0.251 e. The number of imidazole rings is 1. The number of aromatic nitrogens is 2. The van der Waals surface area contributed by atoms with Crippen molar-refractivity contribution in [2.24, 2.45) is 0 Å². The zero-order chi connectivity index (χ0) is 19.7. The molecule has 2 aromatic carbocycles. The normalized spacial score (nSPS) is 15.4. The lowest BCUT2D eigenvalue weighted by Gasteiger charge is -2.34. The number of carbonyl (C=O) groups excluding carboxylic acids is 1. The first kappa shape index (κ1) is 18.5. The van der Waals surface area contributed by atoms with Crippen LogP contribution in [0.2, 0.25) is 0 Å². The highest BCUT2D eigenvalue weighted by atomic mass is 16.1. The predicted octanol–water partition coefficient (Wildman–Crippen LogP) is 4.32. The van der Waals surface area contributed by atoms with E-state index in [1.807, 2.05) is 37.3 Å². The molecule has 146 valence electrons. The van der Waals surface area contributed by atoms with Gasteiger partial charge in [-0.2, -0.15) is 0 Å². The number of hydrogen-bond donors (Lipinski definition) is 1. The number of nitrogens with one attached hydrogen (secondary N) is 1. The van der Waals surface area contributed by atoms with Gasteiger partial charge in [-0.3, -0.25) is 4.79 Å². The number of amides is 1. The summed E-state index contributed by atoms with van der Waals surface area (Å²) in [6, 6.07) is 16.6. The molecule has 1 saturated heterocycles. The van der Waals surface area contributed by atoms with Gasteiger partial charge in [-0.05, 0) is 57.9 Å². The van der Waals surface area contributed by atoms with Crippen molar-refractivity contribution in [2.75, 3.05) is 18.0 Å². The summed E-state index contributed by atoms with van der Waals surface area (Å²) in [7, 11) is 0. The smallest absolute Gasteiger partial charge is 0.251 e. The lowest BCUT2D eigenvalue weighted by molar-refractivity contribution is 0.0931. The Bertz CT molecular complexity index is 966. The van der Waals surface area contributed by atoms with Gasteiger partial charge in [0.1, 0.15) is 0 Å². The van der Waals surface area contributed by atoms with Gasteiger partial charge in [-0.15, -0.1) is 0 Å². The summed E-state index contributed by atoms with van der Waals surface area (Å²) in [5.41, 5.74) is 4.12. The van der Waals surface area contributed by atoms with E-state index in [1.165, 1.54) is 5.52 Å². The van der Waals surface area contributed by atoms with Gasteiger partial charge in [0.15, 0.2) is 0 Å². The third-order valence-corrected chi connectivity index (χ3v) is 5.52. The first-order valence-corrected chi connectivity index (χ1v) is 10.1. The van der Waals surface area contributed by atoms with Gasteiger partial charge in [-0.1, -0.05) is 29.8 Å². The molecule has 1 aliphatic rings. The van der Waals surface area contributed by atoms with Gasteiger partial charge in [0.05, 0.1) is 11.0 Å². The number of nitrogens with zero attached hydrogens (tertiary/aromatic N) is 3. The van der Waals surface area contributed by atoms with E-state index in [-0.39, 0.29) is 11.9 Å². The third kappa shape index (κ3) is 3.61. The summed E-state index contributed by atoms with van der Waals surface area (Å²) in [6.07, 6.45) is 1.86. The molecule has 0 bridgehead atoms. The monoisotopic (exact) mass is 376 g/mol. The summed E-state index contributed by atoms with van der Waals surface area (Å²) >= 11 is 0. The Morgan fingerprint density at radius 2 is 1.75 bits per heavy atom. The summed E-state index contributed by atoms with van der Waals surface area (Å²) < 4.78 is 2.32. The van der Waals surface area contributed by atoms with Crippen LogP contribution >= 0.6 is 0 Å². The Balaban J connectivity index is 1.44. The first-order chi connectivity index (χ1) is 13.5. The number of aryl methyl sites for hydroxylation is 1. The molecule has 1 aromatic heterocycles. The van der Waals surface area contributed by atoms with E-state index in [4.69, 9.17) is 4.98 Å². The van der Waals surface area contributed by atoms with Crippen molar-refractivity contribution in [2.45, 2.75) is 45.7 Å². The minimum atomic E-state index is 0.0212. The molecule has 0 radical (unpaired) electrons. The van der Waals surface area contributed by atoms with Crippen LogP contribution in [-0.2, 0) is 0 Å². The van der Waals surface area contributed by atoms with Crippen molar-refractivity contribution in [1.82, 2.24) is 14.9 Å². The molecule has 4 rings (SSSR count). The van der Waals surface area contributed by atoms with Crippen molar-refractivity contribution < 1.29 is 4.79 Å². The second kappa shape index (κ2) is 7.66. The summed E-state index contributed by atoms with van der Waals surface area (Å²) in [4.78, 5) is 19.8. The molecule has 5 heteroatoms. The van der Waals surface area contributed by atoms with Gasteiger partial charge in [-0.25, -0.2) is 4.98 Å². The lowest BCUT2D eigenvalue weighted by atomic mass is 10.0. The van der Waals surface area contributed by atoms with Gasteiger partial charge < -0.3 is 14.8 Å². The van der Waals surface area contributed by atoms with E-state index >= 15 is 0 Å². The Labute approximate surface area is 166 Å². The molecule has 1 N–H and O–H groups in total. The quantitative estimate of drug-likeness (QED) is 0.738. The predicted molar refractivity (Wildman–Crippen MR) is 114 cm³/mol. The fourth-order valence-electron chi connectivity index (χ4n) is 3.96. The van der Waals surface area contributed by atoms with E-state index < -0.39 is 0 Å². The zero-order valence-electron chi connectivity index (χ0n) is 16.9. The molecule has 0 atom stereocenters.